The third-order valence-electron chi connectivity index (χ3n) is 4.69. The van der Waals surface area contributed by atoms with Crippen LogP contribution in [-0.4, -0.2) is 40.0 Å². The van der Waals surface area contributed by atoms with Gasteiger partial charge in [-0.15, -0.1) is 0 Å². The summed E-state index contributed by atoms with van der Waals surface area (Å²) >= 11 is 0. The van der Waals surface area contributed by atoms with Crippen LogP contribution in [0.1, 0.15) is 26.3 Å². The molecule has 3 aromatic carbocycles. The van der Waals surface area contributed by atoms with Crippen LogP contribution in [0.4, 0.5) is 11.4 Å². The Morgan fingerprint density at radius 2 is 1.37 bits per heavy atom. The second kappa shape index (κ2) is 9.13. The molecule has 0 atom stereocenters. The fourth-order valence-corrected chi connectivity index (χ4v) is 3.04. The third-order valence-corrected chi connectivity index (χ3v) is 4.69. The molecule has 3 aromatic rings. The highest BCUT2D eigenvalue weighted by Crippen LogP contribution is 2.31. The molecule has 0 aliphatic carbocycles. The molecule has 30 heavy (non-hydrogen) atoms. The molecule has 154 valence electrons. The maximum atomic E-state index is 12.9. The van der Waals surface area contributed by atoms with Gasteiger partial charge in [0.1, 0.15) is 11.5 Å². The molecular weight excluding hydrogens is 380 g/mol. The van der Waals surface area contributed by atoms with Crippen LogP contribution >= 0.6 is 0 Å². The zero-order valence-electron chi connectivity index (χ0n) is 17.4. The third kappa shape index (κ3) is 4.43. The zero-order chi connectivity index (χ0) is 21.7. The SMILES string of the molecule is COc1cc(C(=O)c2ccccc2)c(OC)cc1C(=O)Nc1ccc(N(C)C)cc1. The number of benzene rings is 3. The Hall–Kier alpha value is -3.80. The predicted octanol–water partition coefficient (Wildman–Crippen LogP) is 4.25. The number of ketones is 1. The first-order chi connectivity index (χ1) is 14.4. The van der Waals surface area contributed by atoms with E-state index < -0.39 is 0 Å². The maximum Gasteiger partial charge on any atom is 0.259 e. The van der Waals surface area contributed by atoms with Gasteiger partial charge in [-0.2, -0.15) is 0 Å². The Kier molecular flexibility index (Phi) is 6.37. The number of anilines is 2. The van der Waals surface area contributed by atoms with Gasteiger partial charge in [0, 0.05) is 31.0 Å². The second-order valence-electron chi connectivity index (χ2n) is 6.84. The smallest absolute Gasteiger partial charge is 0.259 e. The first-order valence-corrected chi connectivity index (χ1v) is 9.39. The van der Waals surface area contributed by atoms with E-state index in [0.717, 1.165) is 5.69 Å². The van der Waals surface area contributed by atoms with Crippen LogP contribution in [0.3, 0.4) is 0 Å². The van der Waals surface area contributed by atoms with Crippen LogP contribution in [0.25, 0.3) is 0 Å². The molecule has 0 saturated heterocycles. The van der Waals surface area contributed by atoms with E-state index in [2.05, 4.69) is 5.32 Å². The zero-order valence-corrected chi connectivity index (χ0v) is 17.4. The minimum atomic E-state index is -0.360. The van der Waals surface area contributed by atoms with E-state index >= 15 is 0 Å². The van der Waals surface area contributed by atoms with Gasteiger partial charge in [-0.1, -0.05) is 30.3 Å². The minimum Gasteiger partial charge on any atom is -0.496 e. The molecule has 6 nitrogen and oxygen atoms in total. The lowest BCUT2D eigenvalue weighted by atomic mass is 9.99. The van der Waals surface area contributed by atoms with Crippen molar-refractivity contribution in [2.45, 2.75) is 0 Å². The Morgan fingerprint density at radius 1 is 0.800 bits per heavy atom. The number of carbonyl (C=O) groups is 2. The summed E-state index contributed by atoms with van der Waals surface area (Å²) in [7, 11) is 6.82. The van der Waals surface area contributed by atoms with Crippen molar-refractivity contribution in [3.8, 4) is 11.5 Å². The van der Waals surface area contributed by atoms with Crippen molar-refractivity contribution >= 4 is 23.1 Å². The highest BCUT2D eigenvalue weighted by molar-refractivity contribution is 6.13. The van der Waals surface area contributed by atoms with Gasteiger partial charge in [0.25, 0.3) is 5.91 Å². The van der Waals surface area contributed by atoms with E-state index in [9.17, 15) is 9.59 Å². The molecule has 1 amide bonds. The quantitative estimate of drug-likeness (QED) is 0.596. The van der Waals surface area contributed by atoms with Gasteiger partial charge < -0.3 is 19.7 Å². The molecule has 0 heterocycles. The van der Waals surface area contributed by atoms with E-state index in [-0.39, 0.29) is 23.0 Å². The number of nitrogens with one attached hydrogen (secondary N) is 1. The average Bonchev–Trinajstić information content (AvgIpc) is 2.78. The summed E-state index contributed by atoms with van der Waals surface area (Å²) in [5, 5.41) is 2.85. The normalized spacial score (nSPS) is 10.3. The monoisotopic (exact) mass is 404 g/mol. The van der Waals surface area contributed by atoms with E-state index in [1.54, 1.807) is 24.3 Å². The molecule has 0 unspecified atom stereocenters. The molecule has 0 aromatic heterocycles. The minimum absolute atomic E-state index is 0.211. The first-order valence-electron chi connectivity index (χ1n) is 9.39. The molecule has 0 saturated carbocycles. The Labute approximate surface area is 176 Å². The van der Waals surface area contributed by atoms with Crippen LogP contribution < -0.4 is 19.7 Å². The lowest BCUT2D eigenvalue weighted by molar-refractivity contribution is 0.101. The predicted molar refractivity (Wildman–Crippen MR) is 118 cm³/mol. The first kappa shape index (κ1) is 20.9. The van der Waals surface area contributed by atoms with Gasteiger partial charge in [-0.3, -0.25) is 9.59 Å². The van der Waals surface area contributed by atoms with Crippen molar-refractivity contribution in [3.05, 3.63) is 83.4 Å². The number of methoxy groups -OCH3 is 2. The Morgan fingerprint density at radius 3 is 1.93 bits per heavy atom. The molecule has 6 heteroatoms. The van der Waals surface area contributed by atoms with Gasteiger partial charge in [-0.05, 0) is 36.4 Å². The lowest BCUT2D eigenvalue weighted by Gasteiger charge is -2.15. The standard InChI is InChI=1S/C24H24N2O4/c1-26(2)18-12-10-17(11-13-18)25-24(28)20-15-21(29-3)19(14-22(20)30-4)23(27)16-8-6-5-7-9-16/h5-15H,1-4H3,(H,25,28). The van der Waals surface area contributed by atoms with Crippen molar-refractivity contribution in [2.75, 3.05) is 38.5 Å². The summed E-state index contributed by atoms with van der Waals surface area (Å²) in [5.41, 5.74) is 2.80. The summed E-state index contributed by atoms with van der Waals surface area (Å²) in [6, 6.07) is 19.4. The van der Waals surface area contributed by atoms with Crippen LogP contribution in [-0.2, 0) is 0 Å². The second-order valence-corrected chi connectivity index (χ2v) is 6.84. The van der Waals surface area contributed by atoms with E-state index in [1.807, 2.05) is 49.3 Å². The topological polar surface area (TPSA) is 67.9 Å². The lowest BCUT2D eigenvalue weighted by Crippen LogP contribution is -2.15. The highest BCUT2D eigenvalue weighted by atomic mass is 16.5. The highest BCUT2D eigenvalue weighted by Gasteiger charge is 2.21. The number of ether oxygens (including phenoxy) is 2. The number of amides is 1. The van der Waals surface area contributed by atoms with Gasteiger partial charge in [0.2, 0.25) is 0 Å². The fraction of sp³-hybridized carbons (Fsp3) is 0.167. The Bertz CT molecular complexity index is 1040. The maximum absolute atomic E-state index is 12.9. The number of hydrogen-bond acceptors (Lipinski definition) is 5. The van der Waals surface area contributed by atoms with Crippen LogP contribution in [0.2, 0.25) is 0 Å². The van der Waals surface area contributed by atoms with Crippen molar-refractivity contribution in [1.82, 2.24) is 0 Å². The molecule has 0 spiro atoms. The molecule has 0 aliphatic heterocycles. The molecule has 1 N–H and O–H groups in total. The number of hydrogen-bond donors (Lipinski definition) is 1. The van der Waals surface area contributed by atoms with Gasteiger partial charge in [0.05, 0.1) is 25.3 Å². The van der Waals surface area contributed by atoms with E-state index in [0.29, 0.717) is 22.6 Å². The molecule has 3 rings (SSSR count). The van der Waals surface area contributed by atoms with Gasteiger partial charge >= 0.3 is 0 Å². The Balaban J connectivity index is 1.93. The van der Waals surface area contributed by atoms with Crippen LogP contribution in [0.15, 0.2) is 66.7 Å². The summed E-state index contributed by atoms with van der Waals surface area (Å²) in [4.78, 5) is 27.8. The van der Waals surface area contributed by atoms with E-state index in [4.69, 9.17) is 9.47 Å². The van der Waals surface area contributed by atoms with Gasteiger partial charge in [0.15, 0.2) is 5.78 Å². The summed E-state index contributed by atoms with van der Waals surface area (Å²) in [6.07, 6.45) is 0. The van der Waals surface area contributed by atoms with Gasteiger partial charge in [-0.25, -0.2) is 0 Å². The number of carbonyl (C=O) groups excluding carboxylic acids is 2. The van der Waals surface area contributed by atoms with E-state index in [1.165, 1.54) is 26.4 Å². The summed E-state index contributed by atoms with van der Waals surface area (Å²) in [5.74, 6) is 0.0219. The molecular formula is C24H24N2O4. The number of rotatable bonds is 7. The van der Waals surface area contributed by atoms with Crippen molar-refractivity contribution < 1.29 is 19.1 Å². The molecule has 0 radical (unpaired) electrons. The van der Waals surface area contributed by atoms with Crippen LogP contribution in [0.5, 0.6) is 11.5 Å². The van der Waals surface area contributed by atoms with Crippen molar-refractivity contribution in [3.63, 3.8) is 0 Å². The average molecular weight is 404 g/mol. The van der Waals surface area contributed by atoms with Crippen LogP contribution in [0, 0.1) is 0 Å². The van der Waals surface area contributed by atoms with Crippen molar-refractivity contribution in [2.24, 2.45) is 0 Å². The number of nitrogens with zero attached hydrogens (tertiary/aromatic N) is 1. The molecule has 0 bridgehead atoms. The van der Waals surface area contributed by atoms with Crippen molar-refractivity contribution in [1.29, 1.82) is 0 Å². The fourth-order valence-electron chi connectivity index (χ4n) is 3.04. The largest absolute Gasteiger partial charge is 0.496 e. The summed E-state index contributed by atoms with van der Waals surface area (Å²) in [6.45, 7) is 0. The molecule has 0 aliphatic rings. The summed E-state index contributed by atoms with van der Waals surface area (Å²) < 4.78 is 10.8. The molecule has 0 fully saturated rings.